The number of nitrogens with zero attached hydrogens (tertiary/aromatic N) is 2. The summed E-state index contributed by atoms with van der Waals surface area (Å²) in [4.78, 5) is 16.6. The van der Waals surface area contributed by atoms with Gasteiger partial charge in [-0.05, 0) is 51.6 Å². The first-order chi connectivity index (χ1) is 9.05. The van der Waals surface area contributed by atoms with E-state index in [-0.39, 0.29) is 30.7 Å². The van der Waals surface area contributed by atoms with Crippen molar-refractivity contribution in [2.45, 2.75) is 51.0 Å². The summed E-state index contributed by atoms with van der Waals surface area (Å²) in [5, 5.41) is 0. The Morgan fingerprint density at radius 1 is 1.29 bits per heavy atom. The van der Waals surface area contributed by atoms with Gasteiger partial charge < -0.3 is 15.5 Å². The molecule has 1 amide bonds. The van der Waals surface area contributed by atoms with Crippen LogP contribution in [-0.2, 0) is 4.79 Å². The fourth-order valence-corrected chi connectivity index (χ4v) is 2.94. The molecule has 0 bridgehead atoms. The molecule has 21 heavy (non-hydrogen) atoms. The molecule has 4 nitrogen and oxygen atoms in total. The van der Waals surface area contributed by atoms with Crippen molar-refractivity contribution in [3.8, 4) is 0 Å². The lowest BCUT2D eigenvalue weighted by molar-refractivity contribution is -0.135. The van der Waals surface area contributed by atoms with Crippen molar-refractivity contribution < 1.29 is 4.79 Å². The molecule has 1 saturated carbocycles. The third-order valence-corrected chi connectivity index (χ3v) is 4.58. The second-order valence-electron chi connectivity index (χ2n) is 6.51. The summed E-state index contributed by atoms with van der Waals surface area (Å²) in [6.45, 7) is 6.42. The van der Waals surface area contributed by atoms with Gasteiger partial charge in [0.05, 0.1) is 5.54 Å². The smallest absolute Gasteiger partial charge is 0.242 e. The molecule has 0 aromatic carbocycles. The highest BCUT2D eigenvalue weighted by atomic mass is 35.5. The molecular formula is C15H31Cl2N3O. The first kappa shape index (κ1) is 21.0. The van der Waals surface area contributed by atoms with Crippen LogP contribution in [0.25, 0.3) is 0 Å². The molecule has 2 rings (SSSR count). The SMILES string of the molecule is CCCCN(C)CC1CCN(C(=O)C2(N)CC2)CC1.Cl.Cl. The highest BCUT2D eigenvalue weighted by Gasteiger charge is 2.48. The Bertz CT molecular complexity index is 316. The van der Waals surface area contributed by atoms with Gasteiger partial charge in [0.2, 0.25) is 5.91 Å². The van der Waals surface area contributed by atoms with Gasteiger partial charge in [0, 0.05) is 19.6 Å². The minimum atomic E-state index is -0.481. The van der Waals surface area contributed by atoms with Gasteiger partial charge in [-0.25, -0.2) is 0 Å². The van der Waals surface area contributed by atoms with Crippen molar-refractivity contribution in [3.63, 3.8) is 0 Å². The van der Waals surface area contributed by atoms with Crippen LogP contribution in [0.5, 0.6) is 0 Å². The Morgan fingerprint density at radius 3 is 2.33 bits per heavy atom. The number of hydrogen-bond donors (Lipinski definition) is 1. The average molecular weight is 340 g/mol. The van der Waals surface area contributed by atoms with E-state index in [1.807, 2.05) is 4.90 Å². The molecule has 2 aliphatic rings. The number of carbonyl (C=O) groups excluding carboxylic acids is 1. The molecule has 1 aliphatic carbocycles. The van der Waals surface area contributed by atoms with Gasteiger partial charge in [-0.2, -0.15) is 0 Å². The number of rotatable bonds is 6. The summed E-state index contributed by atoms with van der Waals surface area (Å²) in [5.74, 6) is 0.948. The van der Waals surface area contributed by atoms with Gasteiger partial charge in [-0.3, -0.25) is 4.79 Å². The third kappa shape index (κ3) is 5.93. The van der Waals surface area contributed by atoms with Crippen molar-refractivity contribution in [2.24, 2.45) is 11.7 Å². The quantitative estimate of drug-likeness (QED) is 0.807. The number of halogens is 2. The molecule has 2 N–H and O–H groups in total. The van der Waals surface area contributed by atoms with Crippen LogP contribution < -0.4 is 5.73 Å². The molecule has 1 saturated heterocycles. The molecule has 2 fully saturated rings. The lowest BCUT2D eigenvalue weighted by Crippen LogP contribution is -2.49. The van der Waals surface area contributed by atoms with Crippen LogP contribution in [0.3, 0.4) is 0 Å². The molecule has 1 heterocycles. The maximum absolute atomic E-state index is 12.1. The summed E-state index contributed by atoms with van der Waals surface area (Å²) in [6.07, 6.45) is 6.58. The fraction of sp³-hybridized carbons (Fsp3) is 0.933. The van der Waals surface area contributed by atoms with Crippen LogP contribution in [0, 0.1) is 5.92 Å². The zero-order valence-corrected chi connectivity index (χ0v) is 15.0. The van der Waals surface area contributed by atoms with Crippen molar-refractivity contribution in [2.75, 3.05) is 33.2 Å². The van der Waals surface area contributed by atoms with Crippen LogP contribution in [0.2, 0.25) is 0 Å². The van der Waals surface area contributed by atoms with E-state index < -0.39 is 5.54 Å². The summed E-state index contributed by atoms with van der Waals surface area (Å²) >= 11 is 0. The largest absolute Gasteiger partial charge is 0.341 e. The van der Waals surface area contributed by atoms with Crippen molar-refractivity contribution in [3.05, 3.63) is 0 Å². The average Bonchev–Trinajstić information content (AvgIpc) is 3.16. The monoisotopic (exact) mass is 339 g/mol. The Kier molecular flexibility index (Phi) is 9.17. The molecule has 0 radical (unpaired) electrons. The van der Waals surface area contributed by atoms with Gasteiger partial charge in [-0.1, -0.05) is 13.3 Å². The fourth-order valence-electron chi connectivity index (χ4n) is 2.94. The van der Waals surface area contributed by atoms with Gasteiger partial charge >= 0.3 is 0 Å². The highest BCUT2D eigenvalue weighted by Crippen LogP contribution is 2.35. The van der Waals surface area contributed by atoms with Gasteiger partial charge in [-0.15, -0.1) is 24.8 Å². The maximum Gasteiger partial charge on any atom is 0.242 e. The Morgan fingerprint density at radius 2 is 1.86 bits per heavy atom. The highest BCUT2D eigenvalue weighted by molar-refractivity contribution is 5.89. The number of unbranched alkanes of at least 4 members (excludes halogenated alkanes) is 1. The first-order valence-electron chi connectivity index (χ1n) is 7.82. The van der Waals surface area contributed by atoms with Crippen LogP contribution >= 0.6 is 24.8 Å². The first-order valence-corrected chi connectivity index (χ1v) is 7.82. The predicted octanol–water partition coefficient (Wildman–Crippen LogP) is 2.29. The Balaban J connectivity index is 0.00000200. The Labute approximate surface area is 141 Å². The normalized spacial score (nSPS) is 20.7. The topological polar surface area (TPSA) is 49.6 Å². The lowest BCUT2D eigenvalue weighted by Gasteiger charge is -2.35. The third-order valence-electron chi connectivity index (χ3n) is 4.58. The zero-order valence-electron chi connectivity index (χ0n) is 13.3. The van der Waals surface area contributed by atoms with E-state index in [4.69, 9.17) is 5.73 Å². The van der Waals surface area contributed by atoms with Gasteiger partial charge in [0.1, 0.15) is 0 Å². The maximum atomic E-state index is 12.1. The van der Waals surface area contributed by atoms with Gasteiger partial charge in [0.25, 0.3) is 0 Å². The van der Waals surface area contributed by atoms with E-state index in [1.165, 1.54) is 25.9 Å². The summed E-state index contributed by atoms with van der Waals surface area (Å²) in [6, 6.07) is 0. The number of nitrogens with two attached hydrogens (primary N) is 1. The summed E-state index contributed by atoms with van der Waals surface area (Å²) < 4.78 is 0. The van der Waals surface area contributed by atoms with E-state index in [1.54, 1.807) is 0 Å². The molecule has 0 unspecified atom stereocenters. The number of likely N-dealkylation sites (tertiary alicyclic amines) is 1. The second-order valence-corrected chi connectivity index (χ2v) is 6.51. The van der Waals surface area contributed by atoms with Crippen LogP contribution in [0.4, 0.5) is 0 Å². The molecule has 1 aliphatic heterocycles. The number of carbonyl (C=O) groups is 1. The molecule has 6 heteroatoms. The van der Waals surface area contributed by atoms with Crippen LogP contribution in [-0.4, -0.2) is 54.5 Å². The molecule has 0 aromatic rings. The number of hydrogen-bond acceptors (Lipinski definition) is 3. The molecular weight excluding hydrogens is 309 g/mol. The number of amides is 1. The van der Waals surface area contributed by atoms with Crippen molar-refractivity contribution in [1.82, 2.24) is 9.80 Å². The standard InChI is InChI=1S/C15H29N3O.2ClH/c1-3-4-9-17(2)12-13-5-10-18(11-6-13)14(19)15(16)7-8-15;;/h13H,3-12,16H2,1-2H3;2*1H. The molecule has 0 spiro atoms. The van der Waals surface area contributed by atoms with Crippen LogP contribution in [0.1, 0.15) is 45.4 Å². The molecule has 0 aromatic heterocycles. The molecule has 0 atom stereocenters. The van der Waals surface area contributed by atoms with E-state index in [9.17, 15) is 4.79 Å². The van der Waals surface area contributed by atoms with E-state index in [2.05, 4.69) is 18.9 Å². The zero-order chi connectivity index (χ0) is 13.9. The van der Waals surface area contributed by atoms with Crippen molar-refractivity contribution in [1.29, 1.82) is 0 Å². The Hall–Kier alpha value is -0.0300. The van der Waals surface area contributed by atoms with Gasteiger partial charge in [0.15, 0.2) is 0 Å². The van der Waals surface area contributed by atoms with E-state index in [0.29, 0.717) is 0 Å². The summed E-state index contributed by atoms with van der Waals surface area (Å²) in [5.41, 5.74) is 5.51. The lowest BCUT2D eigenvalue weighted by atomic mass is 9.95. The minimum Gasteiger partial charge on any atom is -0.341 e. The van der Waals surface area contributed by atoms with Crippen molar-refractivity contribution >= 4 is 30.7 Å². The summed E-state index contributed by atoms with van der Waals surface area (Å²) in [7, 11) is 2.21. The predicted molar refractivity (Wildman–Crippen MR) is 92.4 cm³/mol. The van der Waals surface area contributed by atoms with E-state index in [0.717, 1.165) is 44.7 Å². The second kappa shape index (κ2) is 9.19. The molecule has 126 valence electrons. The number of piperidine rings is 1. The van der Waals surface area contributed by atoms with Crippen LogP contribution in [0.15, 0.2) is 0 Å². The van der Waals surface area contributed by atoms with E-state index >= 15 is 0 Å². The minimum absolute atomic E-state index is 0.